The van der Waals surface area contributed by atoms with Crippen LogP contribution in [0.3, 0.4) is 0 Å². The molecule has 0 spiro atoms. The van der Waals surface area contributed by atoms with Crippen LogP contribution in [0.1, 0.15) is 26.3 Å². The van der Waals surface area contributed by atoms with Crippen LogP contribution in [0.5, 0.6) is 5.75 Å². The Morgan fingerprint density at radius 3 is 2.55 bits per heavy atom. The molecular weight excluding hydrogens is 298 g/mol. The van der Waals surface area contributed by atoms with Crippen LogP contribution < -0.4 is 15.4 Å². The van der Waals surface area contributed by atoms with Crippen LogP contribution in [0, 0.1) is 0 Å². The third-order valence-electron chi connectivity index (χ3n) is 3.13. The minimum absolute atomic E-state index is 0.184. The zero-order chi connectivity index (χ0) is 16.6. The minimum Gasteiger partial charge on any atom is -0.496 e. The first-order valence-corrected chi connectivity index (χ1v) is 8.65. The van der Waals surface area contributed by atoms with Gasteiger partial charge in [0.15, 0.2) is 5.96 Å². The molecule has 1 aromatic carbocycles. The summed E-state index contributed by atoms with van der Waals surface area (Å²) < 4.78 is 17.1. The molecule has 0 saturated heterocycles. The number of hydrogen-bond donors (Lipinski definition) is 2. The van der Waals surface area contributed by atoms with Crippen molar-refractivity contribution in [2.45, 2.75) is 32.1 Å². The molecule has 1 rings (SSSR count). The maximum Gasteiger partial charge on any atom is 0.191 e. The topological polar surface area (TPSA) is 62.7 Å². The Hall–Kier alpha value is -1.56. The molecule has 1 unspecified atom stereocenters. The summed E-state index contributed by atoms with van der Waals surface area (Å²) in [6.07, 6.45) is 0. The summed E-state index contributed by atoms with van der Waals surface area (Å²) in [7, 11) is 2.51. The number of benzene rings is 1. The summed E-state index contributed by atoms with van der Waals surface area (Å²) >= 11 is 0. The van der Waals surface area contributed by atoms with Crippen LogP contribution in [0.15, 0.2) is 29.3 Å². The molecule has 6 heteroatoms. The minimum atomic E-state index is -0.866. The normalized spacial score (nSPS) is 13.6. The number of para-hydroxylation sites is 1. The van der Waals surface area contributed by atoms with Gasteiger partial charge in [-0.1, -0.05) is 18.2 Å². The van der Waals surface area contributed by atoms with Crippen LogP contribution >= 0.6 is 0 Å². The average molecular weight is 325 g/mol. The first-order chi connectivity index (χ1) is 10.4. The van der Waals surface area contributed by atoms with Gasteiger partial charge in [0, 0.05) is 47.0 Å². The van der Waals surface area contributed by atoms with E-state index in [0.29, 0.717) is 24.8 Å². The van der Waals surface area contributed by atoms with E-state index in [4.69, 9.17) is 4.74 Å². The highest BCUT2D eigenvalue weighted by Crippen LogP contribution is 2.16. The highest BCUT2D eigenvalue weighted by molar-refractivity contribution is 7.86. The van der Waals surface area contributed by atoms with Crippen LogP contribution in [-0.4, -0.2) is 41.4 Å². The molecule has 0 saturated carbocycles. The Bertz CT molecular complexity index is 524. The second-order valence-corrected chi connectivity index (χ2v) is 8.15. The summed E-state index contributed by atoms with van der Waals surface area (Å²) in [4.78, 5) is 4.17. The molecule has 0 bridgehead atoms. The van der Waals surface area contributed by atoms with E-state index in [0.717, 1.165) is 11.3 Å². The number of methoxy groups -OCH3 is 1. The highest BCUT2D eigenvalue weighted by Gasteiger charge is 2.18. The van der Waals surface area contributed by atoms with Gasteiger partial charge in [-0.2, -0.15) is 0 Å². The van der Waals surface area contributed by atoms with Crippen LogP contribution in [0.2, 0.25) is 0 Å². The quantitative estimate of drug-likeness (QED) is 0.619. The van der Waals surface area contributed by atoms with Crippen molar-refractivity contribution < 1.29 is 8.95 Å². The second kappa shape index (κ2) is 8.78. The number of nitrogens with one attached hydrogen (secondary N) is 2. The van der Waals surface area contributed by atoms with Gasteiger partial charge < -0.3 is 15.4 Å². The molecule has 0 aliphatic heterocycles. The lowest BCUT2D eigenvalue weighted by molar-refractivity contribution is 0.409. The van der Waals surface area contributed by atoms with Crippen molar-refractivity contribution >= 4 is 16.8 Å². The molecule has 1 aromatic rings. The third kappa shape index (κ3) is 6.05. The zero-order valence-corrected chi connectivity index (χ0v) is 14.9. The van der Waals surface area contributed by atoms with Gasteiger partial charge in [0.1, 0.15) is 5.75 Å². The molecule has 0 fully saturated rings. The number of ether oxygens (including phenoxy) is 1. The van der Waals surface area contributed by atoms with Crippen molar-refractivity contribution in [2.24, 2.45) is 4.99 Å². The van der Waals surface area contributed by atoms with Crippen LogP contribution in [0.25, 0.3) is 0 Å². The van der Waals surface area contributed by atoms with Crippen LogP contribution in [-0.2, 0) is 17.3 Å². The summed E-state index contributed by atoms with van der Waals surface area (Å²) in [6.45, 7) is 7.19. The monoisotopic (exact) mass is 325 g/mol. The van der Waals surface area contributed by atoms with Gasteiger partial charge in [0.2, 0.25) is 0 Å². The first-order valence-electron chi connectivity index (χ1n) is 7.33. The zero-order valence-electron chi connectivity index (χ0n) is 14.1. The van der Waals surface area contributed by atoms with E-state index in [1.165, 1.54) is 0 Å². The maximum absolute atomic E-state index is 12.0. The fraction of sp³-hybridized carbons (Fsp3) is 0.562. The number of hydrogen-bond acceptors (Lipinski definition) is 3. The van der Waals surface area contributed by atoms with Gasteiger partial charge in [-0.15, -0.1) is 0 Å². The Balaban J connectivity index is 2.45. The molecule has 1 atom stereocenters. The van der Waals surface area contributed by atoms with E-state index in [-0.39, 0.29) is 4.75 Å². The van der Waals surface area contributed by atoms with Crippen molar-refractivity contribution in [3.05, 3.63) is 29.8 Å². The van der Waals surface area contributed by atoms with Crippen molar-refractivity contribution in [1.29, 1.82) is 0 Å². The molecule has 22 heavy (non-hydrogen) atoms. The third-order valence-corrected chi connectivity index (χ3v) is 5.07. The molecule has 5 nitrogen and oxygen atoms in total. The SMILES string of the molecule is CN=C(NCCS(=O)C(C)(C)C)NCc1ccccc1OC. The smallest absolute Gasteiger partial charge is 0.191 e. The number of rotatable bonds is 6. The lowest BCUT2D eigenvalue weighted by Gasteiger charge is -2.18. The van der Waals surface area contributed by atoms with E-state index in [9.17, 15) is 4.21 Å². The lowest BCUT2D eigenvalue weighted by atomic mass is 10.2. The van der Waals surface area contributed by atoms with Crippen molar-refractivity contribution in [2.75, 3.05) is 26.5 Å². The summed E-state index contributed by atoms with van der Waals surface area (Å²) in [6, 6.07) is 7.85. The molecule has 0 aromatic heterocycles. The molecule has 0 aliphatic carbocycles. The second-order valence-electron chi connectivity index (χ2n) is 5.83. The number of guanidine groups is 1. The van der Waals surface area contributed by atoms with Crippen molar-refractivity contribution in [3.8, 4) is 5.75 Å². The van der Waals surface area contributed by atoms with E-state index in [1.54, 1.807) is 14.2 Å². The van der Waals surface area contributed by atoms with Crippen molar-refractivity contribution in [3.63, 3.8) is 0 Å². The van der Waals surface area contributed by atoms with E-state index in [2.05, 4.69) is 15.6 Å². The predicted octanol–water partition coefficient (Wildman–Crippen LogP) is 1.91. The van der Waals surface area contributed by atoms with E-state index >= 15 is 0 Å². The highest BCUT2D eigenvalue weighted by atomic mass is 32.2. The molecular formula is C16H27N3O2S. The summed E-state index contributed by atoms with van der Waals surface area (Å²) in [5, 5.41) is 6.42. The molecule has 2 N–H and O–H groups in total. The summed E-state index contributed by atoms with van der Waals surface area (Å²) in [5.74, 6) is 2.13. The molecule has 0 amide bonds. The first kappa shape index (κ1) is 18.5. The average Bonchev–Trinajstić information content (AvgIpc) is 2.49. The largest absolute Gasteiger partial charge is 0.496 e. The van der Waals surface area contributed by atoms with Gasteiger partial charge in [-0.25, -0.2) is 0 Å². The Morgan fingerprint density at radius 1 is 1.27 bits per heavy atom. The van der Waals surface area contributed by atoms with Gasteiger partial charge in [0.05, 0.1) is 7.11 Å². The standard InChI is InChI=1S/C16H27N3O2S/c1-16(2,3)22(20)11-10-18-15(17-4)19-12-13-8-6-7-9-14(13)21-5/h6-9H,10-12H2,1-5H3,(H2,17,18,19). The van der Waals surface area contributed by atoms with E-state index < -0.39 is 10.8 Å². The Labute approximate surface area is 136 Å². The van der Waals surface area contributed by atoms with E-state index in [1.807, 2.05) is 45.0 Å². The Kier molecular flexibility index (Phi) is 7.38. The van der Waals surface area contributed by atoms with Gasteiger partial charge in [-0.05, 0) is 26.8 Å². The summed E-state index contributed by atoms with van der Waals surface area (Å²) in [5.41, 5.74) is 1.06. The number of nitrogens with zero attached hydrogens (tertiary/aromatic N) is 1. The lowest BCUT2D eigenvalue weighted by Crippen LogP contribution is -2.40. The molecule has 0 heterocycles. The molecule has 0 radical (unpaired) electrons. The maximum atomic E-state index is 12.0. The van der Waals surface area contributed by atoms with Crippen molar-refractivity contribution in [1.82, 2.24) is 10.6 Å². The molecule has 0 aliphatic rings. The Morgan fingerprint density at radius 2 is 1.95 bits per heavy atom. The molecule has 124 valence electrons. The van der Waals surface area contributed by atoms with Gasteiger partial charge in [0.25, 0.3) is 0 Å². The van der Waals surface area contributed by atoms with Gasteiger partial charge >= 0.3 is 0 Å². The van der Waals surface area contributed by atoms with Gasteiger partial charge in [-0.3, -0.25) is 9.20 Å². The van der Waals surface area contributed by atoms with Crippen LogP contribution in [0.4, 0.5) is 0 Å². The predicted molar refractivity (Wildman–Crippen MR) is 94.0 cm³/mol. The fourth-order valence-electron chi connectivity index (χ4n) is 1.82. The number of aliphatic imine (C=N–C) groups is 1. The fourth-order valence-corrected chi connectivity index (χ4v) is 2.72.